The molecule has 2 aromatic carbocycles. The maximum atomic E-state index is 11.8. The summed E-state index contributed by atoms with van der Waals surface area (Å²) in [6, 6.07) is 9.89. The van der Waals surface area contributed by atoms with Gasteiger partial charge in [0.2, 0.25) is 0 Å². The van der Waals surface area contributed by atoms with Crippen molar-refractivity contribution in [1.29, 1.82) is 0 Å². The summed E-state index contributed by atoms with van der Waals surface area (Å²) in [5.74, 6) is 0.470. The van der Waals surface area contributed by atoms with Gasteiger partial charge in [-0.15, -0.1) is 0 Å². The molecule has 0 saturated heterocycles. The molecule has 0 bridgehead atoms. The van der Waals surface area contributed by atoms with Crippen LogP contribution >= 0.6 is 27.5 Å². The van der Waals surface area contributed by atoms with Gasteiger partial charge in [0, 0.05) is 11.6 Å². The van der Waals surface area contributed by atoms with E-state index in [2.05, 4.69) is 40.3 Å². The topological polar surface area (TPSA) is 93.8 Å². The largest absolute Gasteiger partial charge is 0.483 e. The van der Waals surface area contributed by atoms with Gasteiger partial charge in [0.25, 0.3) is 11.6 Å². The lowest BCUT2D eigenvalue weighted by Gasteiger charge is -2.10. The molecule has 0 atom stereocenters. The van der Waals surface area contributed by atoms with Crippen LogP contribution in [0, 0.1) is 10.1 Å². The molecule has 0 saturated carbocycles. The molecule has 27 heavy (non-hydrogen) atoms. The molecule has 0 aliphatic carbocycles. The number of nitro benzene ring substituents is 1. The van der Waals surface area contributed by atoms with Crippen LogP contribution in [0.2, 0.25) is 5.02 Å². The Balaban J connectivity index is 1.90. The third-order valence-electron chi connectivity index (χ3n) is 3.55. The van der Waals surface area contributed by atoms with E-state index in [1.807, 2.05) is 12.1 Å². The molecule has 9 heteroatoms. The molecule has 0 radical (unpaired) electrons. The first kappa shape index (κ1) is 20.9. The maximum absolute atomic E-state index is 11.8. The first-order valence-corrected chi connectivity index (χ1v) is 9.13. The van der Waals surface area contributed by atoms with E-state index in [0.29, 0.717) is 17.2 Å². The average Bonchev–Trinajstić information content (AvgIpc) is 2.61. The van der Waals surface area contributed by atoms with Gasteiger partial charge in [-0.1, -0.05) is 37.6 Å². The number of ether oxygens (including phenoxy) is 1. The molecule has 2 aromatic rings. The van der Waals surface area contributed by atoms with E-state index in [9.17, 15) is 14.9 Å². The quantitative estimate of drug-likeness (QED) is 0.374. The molecular formula is C18H17BrClN3O4. The first-order chi connectivity index (χ1) is 12.8. The van der Waals surface area contributed by atoms with E-state index in [-0.39, 0.29) is 17.3 Å². The normalized spacial score (nSPS) is 11.0. The fourth-order valence-electron chi connectivity index (χ4n) is 2.10. The fourth-order valence-corrected chi connectivity index (χ4v) is 2.80. The lowest BCUT2D eigenvalue weighted by atomic mass is 10.0. The Labute approximate surface area is 169 Å². The molecule has 142 valence electrons. The van der Waals surface area contributed by atoms with E-state index in [0.717, 1.165) is 10.0 Å². The maximum Gasteiger partial charge on any atom is 0.288 e. The minimum absolute atomic E-state index is 0.0312. The van der Waals surface area contributed by atoms with Gasteiger partial charge >= 0.3 is 0 Å². The van der Waals surface area contributed by atoms with Crippen molar-refractivity contribution in [2.45, 2.75) is 19.8 Å². The number of nitro groups is 1. The van der Waals surface area contributed by atoms with Crippen LogP contribution in [0.1, 0.15) is 30.9 Å². The zero-order valence-electron chi connectivity index (χ0n) is 14.6. The number of carbonyl (C=O) groups excluding carboxylic acids is 1. The summed E-state index contributed by atoms with van der Waals surface area (Å²) in [4.78, 5) is 22.1. The van der Waals surface area contributed by atoms with E-state index in [1.165, 1.54) is 18.3 Å². The van der Waals surface area contributed by atoms with Gasteiger partial charge in [-0.05, 0) is 45.6 Å². The van der Waals surface area contributed by atoms with Crippen LogP contribution in [0.5, 0.6) is 5.75 Å². The van der Waals surface area contributed by atoms with Crippen LogP contribution in [0.25, 0.3) is 0 Å². The van der Waals surface area contributed by atoms with Crippen molar-refractivity contribution in [3.63, 3.8) is 0 Å². The second-order valence-electron chi connectivity index (χ2n) is 5.89. The molecule has 0 aliphatic heterocycles. The van der Waals surface area contributed by atoms with Crippen LogP contribution in [-0.4, -0.2) is 23.7 Å². The van der Waals surface area contributed by atoms with Crippen LogP contribution < -0.4 is 10.2 Å². The Kier molecular flexibility index (Phi) is 7.32. The molecule has 0 unspecified atom stereocenters. The highest BCUT2D eigenvalue weighted by Gasteiger charge is 2.12. The summed E-state index contributed by atoms with van der Waals surface area (Å²) in [5, 5.41) is 14.6. The number of hydrazone groups is 1. The number of nitrogens with zero attached hydrogens (tertiary/aromatic N) is 2. The van der Waals surface area contributed by atoms with Crippen LogP contribution in [0.15, 0.2) is 46.0 Å². The summed E-state index contributed by atoms with van der Waals surface area (Å²) in [6.07, 6.45) is 1.29. The highest BCUT2D eigenvalue weighted by molar-refractivity contribution is 9.10. The second kappa shape index (κ2) is 9.48. The van der Waals surface area contributed by atoms with Crippen molar-refractivity contribution in [3.8, 4) is 5.75 Å². The summed E-state index contributed by atoms with van der Waals surface area (Å²) in [6.45, 7) is 3.95. The summed E-state index contributed by atoms with van der Waals surface area (Å²) < 4.78 is 6.23. The van der Waals surface area contributed by atoms with Crippen molar-refractivity contribution >= 4 is 45.3 Å². The van der Waals surface area contributed by atoms with E-state index in [1.54, 1.807) is 12.1 Å². The number of hydrogen-bond acceptors (Lipinski definition) is 5. The standard InChI is InChI=1S/C18H17BrClN3O4/c1-11(2)13-4-6-17(14(19)8-13)27-10-18(24)22-21-9-12-3-5-15(20)16(7-12)23(25)26/h3-9,11H,10H2,1-2H3,(H,22,24)/b21-9+. The van der Waals surface area contributed by atoms with Gasteiger partial charge in [-0.25, -0.2) is 5.43 Å². The van der Waals surface area contributed by atoms with Gasteiger partial charge in [0.05, 0.1) is 15.6 Å². The van der Waals surface area contributed by atoms with Crippen molar-refractivity contribution < 1.29 is 14.5 Å². The van der Waals surface area contributed by atoms with Crippen LogP contribution in [-0.2, 0) is 4.79 Å². The predicted octanol–water partition coefficient (Wildman–Crippen LogP) is 4.66. The van der Waals surface area contributed by atoms with E-state index in [4.69, 9.17) is 16.3 Å². The molecule has 0 aliphatic rings. The third kappa shape index (κ3) is 6.04. The summed E-state index contributed by atoms with van der Waals surface area (Å²) in [5.41, 5.74) is 3.65. The smallest absolute Gasteiger partial charge is 0.288 e. The summed E-state index contributed by atoms with van der Waals surface area (Å²) in [7, 11) is 0. The predicted molar refractivity (Wildman–Crippen MR) is 108 cm³/mol. The molecular weight excluding hydrogens is 438 g/mol. The molecule has 2 rings (SSSR count). The molecule has 1 N–H and O–H groups in total. The lowest BCUT2D eigenvalue weighted by molar-refractivity contribution is -0.384. The van der Waals surface area contributed by atoms with E-state index < -0.39 is 10.8 Å². The molecule has 1 amide bonds. The minimum atomic E-state index is -0.589. The number of carbonyl (C=O) groups is 1. The Hall–Kier alpha value is -2.45. The number of rotatable bonds is 7. The zero-order valence-corrected chi connectivity index (χ0v) is 17.0. The van der Waals surface area contributed by atoms with Crippen LogP contribution in [0.4, 0.5) is 5.69 Å². The number of nitrogens with one attached hydrogen (secondary N) is 1. The summed E-state index contributed by atoms with van der Waals surface area (Å²) >= 11 is 9.16. The molecule has 0 fully saturated rings. The average molecular weight is 455 g/mol. The highest BCUT2D eigenvalue weighted by atomic mass is 79.9. The lowest BCUT2D eigenvalue weighted by Crippen LogP contribution is -2.24. The Morgan fingerprint density at radius 3 is 2.74 bits per heavy atom. The van der Waals surface area contributed by atoms with Crippen molar-refractivity contribution in [2.24, 2.45) is 5.10 Å². The number of halogens is 2. The zero-order chi connectivity index (χ0) is 20.0. The number of amides is 1. The van der Waals surface area contributed by atoms with Gasteiger partial charge < -0.3 is 4.74 Å². The van der Waals surface area contributed by atoms with Crippen molar-refractivity contribution in [1.82, 2.24) is 5.43 Å². The Morgan fingerprint density at radius 1 is 1.37 bits per heavy atom. The SMILES string of the molecule is CC(C)c1ccc(OCC(=O)N/N=C/c2ccc(Cl)c([N+](=O)[O-])c2)c(Br)c1. The molecule has 7 nitrogen and oxygen atoms in total. The minimum Gasteiger partial charge on any atom is -0.483 e. The highest BCUT2D eigenvalue weighted by Crippen LogP contribution is 2.28. The van der Waals surface area contributed by atoms with Gasteiger partial charge in [0.1, 0.15) is 10.8 Å². The van der Waals surface area contributed by atoms with Crippen LogP contribution in [0.3, 0.4) is 0 Å². The third-order valence-corrected chi connectivity index (χ3v) is 4.49. The van der Waals surface area contributed by atoms with Gasteiger partial charge in [0.15, 0.2) is 6.61 Å². The van der Waals surface area contributed by atoms with Crippen molar-refractivity contribution in [2.75, 3.05) is 6.61 Å². The Bertz CT molecular complexity index is 887. The van der Waals surface area contributed by atoms with Gasteiger partial charge in [-0.2, -0.15) is 5.10 Å². The second-order valence-corrected chi connectivity index (χ2v) is 7.16. The first-order valence-electron chi connectivity index (χ1n) is 7.96. The van der Waals surface area contributed by atoms with E-state index >= 15 is 0 Å². The Morgan fingerprint density at radius 2 is 2.11 bits per heavy atom. The number of hydrogen-bond donors (Lipinski definition) is 1. The number of benzene rings is 2. The van der Waals surface area contributed by atoms with Gasteiger partial charge in [-0.3, -0.25) is 14.9 Å². The van der Waals surface area contributed by atoms with Crippen molar-refractivity contribution in [3.05, 3.63) is 67.1 Å². The molecule has 0 spiro atoms. The molecule has 0 heterocycles. The monoisotopic (exact) mass is 453 g/mol. The fraction of sp³-hybridized carbons (Fsp3) is 0.222. The molecule has 0 aromatic heterocycles.